The van der Waals surface area contributed by atoms with Crippen LogP contribution in [0.25, 0.3) is 0 Å². The van der Waals surface area contributed by atoms with Gasteiger partial charge in [0.15, 0.2) is 6.10 Å². The highest BCUT2D eigenvalue weighted by atomic mass is 79.9. The minimum absolute atomic E-state index is 0.112. The van der Waals surface area contributed by atoms with Crippen LogP contribution >= 0.6 is 15.9 Å². The van der Waals surface area contributed by atoms with E-state index in [4.69, 9.17) is 10.8 Å². The van der Waals surface area contributed by atoms with Gasteiger partial charge in [-0.3, -0.25) is 0 Å². The van der Waals surface area contributed by atoms with E-state index in [0.29, 0.717) is 6.07 Å². The zero-order valence-corrected chi connectivity index (χ0v) is 10.1. The fourth-order valence-electron chi connectivity index (χ4n) is 1.16. The number of halogens is 4. The Morgan fingerprint density at radius 2 is 2.00 bits per heavy atom. The lowest BCUT2D eigenvalue weighted by atomic mass is 10.1. The Balaban J connectivity index is 3.22. The number of carboxylic acids is 1. The molecule has 9 heteroatoms. The normalized spacial score (nSPS) is 13.2. The summed E-state index contributed by atoms with van der Waals surface area (Å²) in [5, 5.41) is 17.8. The molecule has 0 aliphatic heterocycles. The number of hydrogen-bond acceptors (Lipinski definition) is 4. The maximum atomic E-state index is 12.1. The van der Waals surface area contributed by atoms with Crippen molar-refractivity contribution >= 4 is 27.6 Å². The van der Waals surface area contributed by atoms with Gasteiger partial charge in [-0.1, -0.05) is 0 Å². The van der Waals surface area contributed by atoms with Crippen molar-refractivity contribution in [2.45, 2.75) is 12.5 Å². The molecule has 1 unspecified atom stereocenters. The number of benzene rings is 1. The van der Waals surface area contributed by atoms with E-state index in [1.807, 2.05) is 0 Å². The first-order chi connectivity index (χ1) is 8.11. The van der Waals surface area contributed by atoms with Crippen molar-refractivity contribution in [2.24, 2.45) is 0 Å². The number of ether oxygens (including phenoxy) is 1. The third kappa shape index (κ3) is 3.50. The first-order valence-electron chi connectivity index (χ1n) is 4.37. The number of aliphatic hydroxyl groups excluding tert-OH is 1. The van der Waals surface area contributed by atoms with Gasteiger partial charge in [0.1, 0.15) is 5.75 Å². The second-order valence-corrected chi connectivity index (χ2v) is 4.05. The van der Waals surface area contributed by atoms with Crippen LogP contribution in [0.4, 0.5) is 18.9 Å². The quantitative estimate of drug-likeness (QED) is 0.738. The zero-order valence-electron chi connectivity index (χ0n) is 8.53. The minimum Gasteiger partial charge on any atom is -0.479 e. The molecule has 0 heterocycles. The SMILES string of the molecule is Nc1cc(Br)c(OC(F)(F)F)cc1C(O)C(=O)O. The van der Waals surface area contributed by atoms with Crippen LogP contribution < -0.4 is 10.5 Å². The molecule has 0 fully saturated rings. The Bertz CT molecular complexity index is 478. The van der Waals surface area contributed by atoms with Crippen LogP contribution in [0.3, 0.4) is 0 Å². The average molecular weight is 330 g/mol. The maximum absolute atomic E-state index is 12.1. The number of rotatable bonds is 3. The lowest BCUT2D eigenvalue weighted by molar-refractivity contribution is -0.274. The molecule has 0 aromatic heterocycles. The molecule has 5 nitrogen and oxygen atoms in total. The van der Waals surface area contributed by atoms with Gasteiger partial charge in [0.25, 0.3) is 0 Å². The largest absolute Gasteiger partial charge is 0.573 e. The molecule has 1 aromatic rings. The molecular formula is C9H7BrF3NO4. The van der Waals surface area contributed by atoms with Gasteiger partial charge in [-0.15, -0.1) is 13.2 Å². The van der Waals surface area contributed by atoms with Crippen molar-refractivity contribution in [3.63, 3.8) is 0 Å². The third-order valence-corrected chi connectivity index (χ3v) is 2.51. The average Bonchev–Trinajstić information content (AvgIpc) is 2.19. The molecule has 1 aromatic carbocycles. The van der Waals surface area contributed by atoms with Crippen LogP contribution in [0.15, 0.2) is 16.6 Å². The van der Waals surface area contributed by atoms with Crippen molar-refractivity contribution in [2.75, 3.05) is 5.73 Å². The summed E-state index contributed by atoms with van der Waals surface area (Å²) in [6.07, 6.45) is -6.97. The standard InChI is InChI=1S/C9H7BrF3NO4/c10-4-2-5(14)3(7(15)8(16)17)1-6(4)18-9(11,12)13/h1-2,7,15H,14H2,(H,16,17). The fraction of sp³-hybridized carbons (Fsp3) is 0.222. The van der Waals surface area contributed by atoms with Crippen LogP contribution in [0.5, 0.6) is 5.75 Å². The molecule has 0 aliphatic rings. The highest BCUT2D eigenvalue weighted by Crippen LogP contribution is 2.36. The van der Waals surface area contributed by atoms with E-state index in [9.17, 15) is 23.1 Å². The van der Waals surface area contributed by atoms with Crippen LogP contribution in [0.2, 0.25) is 0 Å². The molecule has 0 spiro atoms. The van der Waals surface area contributed by atoms with E-state index in [-0.39, 0.29) is 15.7 Å². The molecular weight excluding hydrogens is 323 g/mol. The van der Waals surface area contributed by atoms with Gasteiger partial charge in [-0.2, -0.15) is 0 Å². The lowest BCUT2D eigenvalue weighted by Crippen LogP contribution is -2.18. The van der Waals surface area contributed by atoms with Gasteiger partial charge in [0.2, 0.25) is 0 Å². The Kier molecular flexibility index (Phi) is 4.07. The minimum atomic E-state index is -4.94. The summed E-state index contributed by atoms with van der Waals surface area (Å²) in [7, 11) is 0. The molecule has 1 rings (SSSR count). The first kappa shape index (κ1) is 14.6. The van der Waals surface area contributed by atoms with E-state index < -0.39 is 24.2 Å². The summed E-state index contributed by atoms with van der Waals surface area (Å²) < 4.78 is 39.7. The van der Waals surface area contributed by atoms with E-state index in [2.05, 4.69) is 20.7 Å². The summed E-state index contributed by atoms with van der Waals surface area (Å²) in [6.45, 7) is 0. The second-order valence-electron chi connectivity index (χ2n) is 3.20. The second kappa shape index (κ2) is 5.02. The van der Waals surface area contributed by atoms with Crippen LogP contribution in [0.1, 0.15) is 11.7 Å². The van der Waals surface area contributed by atoms with E-state index in [0.717, 1.165) is 6.07 Å². The van der Waals surface area contributed by atoms with E-state index >= 15 is 0 Å². The number of carboxylic acid groups (broad SMARTS) is 1. The topological polar surface area (TPSA) is 92.8 Å². The molecule has 1 atom stereocenters. The molecule has 4 N–H and O–H groups in total. The maximum Gasteiger partial charge on any atom is 0.573 e. The van der Waals surface area contributed by atoms with Crippen molar-refractivity contribution in [1.82, 2.24) is 0 Å². The van der Waals surface area contributed by atoms with Crippen LogP contribution in [-0.4, -0.2) is 22.5 Å². The predicted molar refractivity (Wildman–Crippen MR) is 57.8 cm³/mol. The highest BCUT2D eigenvalue weighted by molar-refractivity contribution is 9.10. The summed E-state index contributed by atoms with van der Waals surface area (Å²) in [6, 6.07) is 1.73. The number of nitrogen functional groups attached to an aromatic ring is 1. The molecule has 100 valence electrons. The number of carbonyl (C=O) groups is 1. The Labute approximate surface area is 107 Å². The summed E-state index contributed by atoms with van der Waals surface area (Å²) in [5.74, 6) is -2.33. The summed E-state index contributed by atoms with van der Waals surface area (Å²) in [4.78, 5) is 10.6. The molecule has 0 radical (unpaired) electrons. The third-order valence-electron chi connectivity index (χ3n) is 1.89. The van der Waals surface area contributed by atoms with Gasteiger partial charge in [0.05, 0.1) is 4.47 Å². The van der Waals surface area contributed by atoms with E-state index in [1.54, 1.807) is 0 Å². The number of anilines is 1. The Morgan fingerprint density at radius 1 is 1.44 bits per heavy atom. The molecule has 0 saturated heterocycles. The summed E-state index contributed by atoms with van der Waals surface area (Å²) >= 11 is 2.79. The molecule has 0 bridgehead atoms. The molecule has 0 amide bonds. The van der Waals surface area contributed by atoms with Crippen molar-refractivity contribution in [1.29, 1.82) is 0 Å². The zero-order chi connectivity index (χ0) is 14.1. The first-order valence-corrected chi connectivity index (χ1v) is 5.16. The fourth-order valence-corrected chi connectivity index (χ4v) is 1.60. The smallest absolute Gasteiger partial charge is 0.479 e. The lowest BCUT2D eigenvalue weighted by Gasteiger charge is -2.15. The molecule has 0 aliphatic carbocycles. The number of aliphatic carboxylic acids is 1. The van der Waals surface area contributed by atoms with Crippen molar-refractivity contribution in [3.05, 3.63) is 22.2 Å². The number of hydrogen-bond donors (Lipinski definition) is 3. The highest BCUT2D eigenvalue weighted by Gasteiger charge is 2.33. The number of aliphatic hydroxyl groups is 1. The van der Waals surface area contributed by atoms with E-state index in [1.165, 1.54) is 0 Å². The van der Waals surface area contributed by atoms with Gasteiger partial charge in [-0.05, 0) is 28.1 Å². The van der Waals surface area contributed by atoms with Crippen molar-refractivity contribution in [3.8, 4) is 5.75 Å². The number of nitrogens with two attached hydrogens (primary N) is 1. The van der Waals surface area contributed by atoms with Gasteiger partial charge in [-0.25, -0.2) is 4.79 Å². The van der Waals surface area contributed by atoms with Gasteiger partial charge < -0.3 is 20.7 Å². The Hall–Kier alpha value is -1.48. The monoisotopic (exact) mass is 329 g/mol. The van der Waals surface area contributed by atoms with Crippen LogP contribution in [-0.2, 0) is 4.79 Å². The van der Waals surface area contributed by atoms with Gasteiger partial charge >= 0.3 is 12.3 Å². The summed E-state index contributed by atoms with van der Waals surface area (Å²) in [5.41, 5.74) is 4.84. The Morgan fingerprint density at radius 3 is 2.44 bits per heavy atom. The predicted octanol–water partition coefficient (Wildman–Crippen LogP) is 2.05. The van der Waals surface area contributed by atoms with Crippen LogP contribution in [0, 0.1) is 0 Å². The van der Waals surface area contributed by atoms with Crippen molar-refractivity contribution < 1.29 is 32.9 Å². The number of alkyl halides is 3. The molecule has 18 heavy (non-hydrogen) atoms. The van der Waals surface area contributed by atoms with Gasteiger partial charge in [0, 0.05) is 11.3 Å². The molecule has 0 saturated carbocycles.